The molecule has 9 heteroatoms. The molecule has 0 radical (unpaired) electrons. The van der Waals surface area contributed by atoms with Crippen molar-refractivity contribution in [1.82, 2.24) is 14.9 Å². The fourth-order valence-electron chi connectivity index (χ4n) is 2.17. The van der Waals surface area contributed by atoms with Gasteiger partial charge < -0.3 is 19.3 Å². The average molecular weight is 356 g/mol. The van der Waals surface area contributed by atoms with Gasteiger partial charge in [-0.05, 0) is 19.1 Å². The summed E-state index contributed by atoms with van der Waals surface area (Å²) in [6, 6.07) is 10.8. The number of methoxy groups -OCH3 is 1. The second kappa shape index (κ2) is 7.51. The third-order valence-corrected chi connectivity index (χ3v) is 3.34. The molecular formula is C17H16N4O5. The molecule has 0 unspecified atom stereocenters. The molecule has 9 nitrogen and oxygen atoms in total. The van der Waals surface area contributed by atoms with Crippen molar-refractivity contribution in [3.63, 3.8) is 0 Å². The Morgan fingerprint density at radius 2 is 2.04 bits per heavy atom. The number of carbonyl (C=O) groups is 2. The van der Waals surface area contributed by atoms with E-state index in [9.17, 15) is 9.59 Å². The van der Waals surface area contributed by atoms with Gasteiger partial charge in [-0.2, -0.15) is 5.10 Å². The van der Waals surface area contributed by atoms with Crippen LogP contribution in [0.3, 0.4) is 0 Å². The normalized spacial score (nSPS) is 10.4. The summed E-state index contributed by atoms with van der Waals surface area (Å²) < 4.78 is 16.5. The van der Waals surface area contributed by atoms with Gasteiger partial charge in [0.25, 0.3) is 5.91 Å². The molecule has 0 fully saturated rings. The standard InChI is InChI=1S/C17H16N4O5/c1-11-8-14(20-26-11)18-15(22)10-25-17(23)16-13(24-2)9-21(19-16)12-6-4-3-5-7-12/h3-9H,10H2,1-2H3,(H,18,20,22). The van der Waals surface area contributed by atoms with E-state index in [0.29, 0.717) is 5.76 Å². The third-order valence-electron chi connectivity index (χ3n) is 3.34. The minimum atomic E-state index is -0.775. The topological polar surface area (TPSA) is 108 Å². The van der Waals surface area contributed by atoms with Crippen LogP contribution in [0.25, 0.3) is 5.69 Å². The van der Waals surface area contributed by atoms with Gasteiger partial charge in [0.15, 0.2) is 18.2 Å². The molecule has 2 aromatic heterocycles. The number of esters is 1. The van der Waals surface area contributed by atoms with E-state index in [2.05, 4.69) is 15.6 Å². The summed E-state index contributed by atoms with van der Waals surface area (Å²) >= 11 is 0. The fraction of sp³-hybridized carbons (Fsp3) is 0.176. The Morgan fingerprint density at radius 1 is 1.27 bits per heavy atom. The maximum atomic E-state index is 12.2. The molecule has 26 heavy (non-hydrogen) atoms. The van der Waals surface area contributed by atoms with E-state index in [4.69, 9.17) is 14.0 Å². The molecular weight excluding hydrogens is 340 g/mol. The highest BCUT2D eigenvalue weighted by molar-refractivity contribution is 5.95. The van der Waals surface area contributed by atoms with Gasteiger partial charge in [-0.1, -0.05) is 23.4 Å². The van der Waals surface area contributed by atoms with E-state index in [1.807, 2.05) is 30.3 Å². The van der Waals surface area contributed by atoms with Crippen LogP contribution in [0.2, 0.25) is 0 Å². The molecule has 3 aromatic rings. The van der Waals surface area contributed by atoms with Crippen molar-refractivity contribution in [2.75, 3.05) is 19.0 Å². The number of para-hydroxylation sites is 1. The van der Waals surface area contributed by atoms with E-state index < -0.39 is 18.5 Å². The van der Waals surface area contributed by atoms with Crippen LogP contribution in [-0.4, -0.2) is 40.5 Å². The van der Waals surface area contributed by atoms with Gasteiger partial charge in [0.2, 0.25) is 5.69 Å². The number of hydrogen-bond acceptors (Lipinski definition) is 7. The van der Waals surface area contributed by atoms with E-state index in [1.165, 1.54) is 11.8 Å². The first-order valence-electron chi connectivity index (χ1n) is 7.66. The maximum Gasteiger partial charge on any atom is 0.363 e. The summed E-state index contributed by atoms with van der Waals surface area (Å²) in [6.45, 7) is 1.20. The van der Waals surface area contributed by atoms with Gasteiger partial charge >= 0.3 is 5.97 Å². The van der Waals surface area contributed by atoms with Crippen LogP contribution in [0.5, 0.6) is 5.75 Å². The summed E-state index contributed by atoms with van der Waals surface area (Å²) in [5.41, 5.74) is 0.727. The zero-order valence-electron chi connectivity index (χ0n) is 14.1. The van der Waals surface area contributed by atoms with Crippen molar-refractivity contribution in [3.8, 4) is 11.4 Å². The summed E-state index contributed by atoms with van der Waals surface area (Å²) in [6.07, 6.45) is 1.56. The zero-order chi connectivity index (χ0) is 18.5. The summed E-state index contributed by atoms with van der Waals surface area (Å²) in [4.78, 5) is 24.0. The Bertz CT molecular complexity index is 916. The van der Waals surface area contributed by atoms with Crippen molar-refractivity contribution in [2.24, 2.45) is 0 Å². The molecule has 0 aliphatic heterocycles. The Morgan fingerprint density at radius 3 is 2.69 bits per heavy atom. The fourth-order valence-corrected chi connectivity index (χ4v) is 2.17. The van der Waals surface area contributed by atoms with Gasteiger partial charge in [0, 0.05) is 6.07 Å². The smallest absolute Gasteiger partial charge is 0.363 e. The number of hydrogen-bond donors (Lipinski definition) is 1. The first-order chi connectivity index (χ1) is 12.6. The van der Waals surface area contributed by atoms with Crippen LogP contribution in [0.1, 0.15) is 16.2 Å². The summed E-state index contributed by atoms with van der Waals surface area (Å²) in [7, 11) is 1.42. The number of ether oxygens (including phenoxy) is 2. The molecule has 1 amide bonds. The van der Waals surface area contributed by atoms with Gasteiger partial charge in [0.1, 0.15) is 5.76 Å². The lowest BCUT2D eigenvalue weighted by molar-refractivity contribution is -0.119. The minimum absolute atomic E-state index is 0.0265. The first kappa shape index (κ1) is 17.2. The maximum absolute atomic E-state index is 12.2. The van der Waals surface area contributed by atoms with Gasteiger partial charge in [-0.15, -0.1) is 0 Å². The Hall–Kier alpha value is -3.62. The van der Waals surface area contributed by atoms with Crippen molar-refractivity contribution in [3.05, 3.63) is 54.0 Å². The number of rotatable bonds is 6. The van der Waals surface area contributed by atoms with Crippen LogP contribution in [0, 0.1) is 6.92 Å². The molecule has 3 rings (SSSR count). The lowest BCUT2D eigenvalue weighted by Gasteiger charge is -2.04. The van der Waals surface area contributed by atoms with Crippen molar-refractivity contribution in [2.45, 2.75) is 6.92 Å². The van der Waals surface area contributed by atoms with E-state index in [1.54, 1.807) is 19.2 Å². The number of aromatic nitrogens is 3. The molecule has 1 N–H and O–H groups in total. The number of benzene rings is 1. The molecule has 0 bridgehead atoms. The second-order valence-electron chi connectivity index (χ2n) is 5.27. The monoisotopic (exact) mass is 356 g/mol. The number of aryl methyl sites for hydroxylation is 1. The Labute approximate surface area is 148 Å². The van der Waals surface area contributed by atoms with E-state index in [0.717, 1.165) is 5.69 Å². The highest BCUT2D eigenvalue weighted by atomic mass is 16.5. The van der Waals surface area contributed by atoms with Crippen molar-refractivity contribution >= 4 is 17.7 Å². The highest BCUT2D eigenvalue weighted by Crippen LogP contribution is 2.20. The van der Waals surface area contributed by atoms with Crippen molar-refractivity contribution < 1.29 is 23.6 Å². The molecule has 0 saturated heterocycles. The van der Waals surface area contributed by atoms with Crippen LogP contribution < -0.4 is 10.1 Å². The molecule has 134 valence electrons. The number of anilines is 1. The third kappa shape index (κ3) is 3.89. The molecule has 1 aromatic carbocycles. The number of nitrogens with one attached hydrogen (secondary N) is 1. The lowest BCUT2D eigenvalue weighted by atomic mass is 10.3. The van der Waals surface area contributed by atoms with E-state index >= 15 is 0 Å². The zero-order valence-corrected chi connectivity index (χ0v) is 14.1. The largest absolute Gasteiger partial charge is 0.493 e. The summed E-state index contributed by atoms with van der Waals surface area (Å²) in [5.74, 6) is -0.287. The van der Waals surface area contributed by atoms with Crippen LogP contribution in [0.15, 0.2) is 47.1 Å². The Kier molecular flexibility index (Phi) is 4.97. The number of amides is 1. The molecule has 0 aliphatic carbocycles. The van der Waals surface area contributed by atoms with Crippen LogP contribution >= 0.6 is 0 Å². The number of carbonyl (C=O) groups excluding carboxylic acids is 2. The second-order valence-corrected chi connectivity index (χ2v) is 5.27. The summed E-state index contributed by atoms with van der Waals surface area (Å²) in [5, 5.41) is 10.2. The van der Waals surface area contributed by atoms with Gasteiger partial charge in [-0.25, -0.2) is 9.48 Å². The Balaban J connectivity index is 1.65. The van der Waals surface area contributed by atoms with Crippen molar-refractivity contribution in [1.29, 1.82) is 0 Å². The predicted octanol–water partition coefficient (Wildman–Crippen LogP) is 1.97. The first-order valence-corrected chi connectivity index (χ1v) is 7.66. The molecule has 0 saturated carbocycles. The predicted molar refractivity (Wildman–Crippen MR) is 90.3 cm³/mol. The molecule has 2 heterocycles. The minimum Gasteiger partial charge on any atom is -0.493 e. The SMILES string of the molecule is COc1cn(-c2ccccc2)nc1C(=O)OCC(=O)Nc1cc(C)on1. The van der Waals surface area contributed by atoms with Crippen LogP contribution in [0.4, 0.5) is 5.82 Å². The average Bonchev–Trinajstić information content (AvgIpc) is 3.26. The van der Waals surface area contributed by atoms with E-state index in [-0.39, 0.29) is 17.3 Å². The highest BCUT2D eigenvalue weighted by Gasteiger charge is 2.21. The lowest BCUT2D eigenvalue weighted by Crippen LogP contribution is -2.21. The molecule has 0 atom stereocenters. The van der Waals surface area contributed by atoms with Gasteiger partial charge in [0.05, 0.1) is 19.0 Å². The van der Waals surface area contributed by atoms with Gasteiger partial charge in [-0.3, -0.25) is 4.79 Å². The molecule has 0 aliphatic rings. The molecule has 0 spiro atoms. The quantitative estimate of drug-likeness (QED) is 0.673. The number of nitrogens with zero attached hydrogens (tertiary/aromatic N) is 3. The van der Waals surface area contributed by atoms with Crippen LogP contribution in [-0.2, 0) is 9.53 Å².